The first-order valence-electron chi connectivity index (χ1n) is 5.13. The highest BCUT2D eigenvalue weighted by atomic mass is 16.5. The van der Waals surface area contributed by atoms with Gasteiger partial charge in [0.15, 0.2) is 6.29 Å². The van der Waals surface area contributed by atoms with Gasteiger partial charge in [0.05, 0.1) is 0 Å². The highest BCUT2D eigenvalue weighted by molar-refractivity contribution is 5.82. The topological polar surface area (TPSA) is 97.0 Å². The van der Waals surface area contributed by atoms with Gasteiger partial charge in [0.25, 0.3) is 0 Å². The van der Waals surface area contributed by atoms with Gasteiger partial charge in [-0.2, -0.15) is 4.98 Å². The van der Waals surface area contributed by atoms with Gasteiger partial charge in [-0.15, -0.1) is 5.10 Å². The molecule has 2 aromatic rings. The van der Waals surface area contributed by atoms with E-state index in [1.165, 1.54) is 0 Å². The van der Waals surface area contributed by atoms with Gasteiger partial charge < -0.3 is 4.74 Å². The molecule has 0 saturated heterocycles. The molecule has 0 aliphatic rings. The minimum absolute atomic E-state index is 0.0339. The van der Waals surface area contributed by atoms with Crippen molar-refractivity contribution in [3.63, 3.8) is 0 Å². The standard InChI is InChI=1S/C11H10N4O3/c16-6-9-12-10(15-14-9)13-11(17)18-7-8-4-2-1-3-5-8/h1-6H,7H2,(H2,12,13,14,15,17). The van der Waals surface area contributed by atoms with E-state index in [4.69, 9.17) is 4.74 Å². The van der Waals surface area contributed by atoms with Crippen LogP contribution in [0, 0.1) is 0 Å². The minimum Gasteiger partial charge on any atom is -0.444 e. The fourth-order valence-corrected chi connectivity index (χ4v) is 1.24. The van der Waals surface area contributed by atoms with Crippen molar-refractivity contribution in [2.75, 3.05) is 5.32 Å². The molecule has 0 bridgehead atoms. The summed E-state index contributed by atoms with van der Waals surface area (Å²) in [5.41, 5.74) is 0.874. The van der Waals surface area contributed by atoms with E-state index in [1.54, 1.807) is 0 Å². The number of rotatable bonds is 4. The summed E-state index contributed by atoms with van der Waals surface area (Å²) in [5.74, 6) is 0.0310. The summed E-state index contributed by atoms with van der Waals surface area (Å²) in [6.45, 7) is 0.154. The number of ether oxygens (including phenoxy) is 1. The molecule has 7 heteroatoms. The number of nitrogens with zero attached hydrogens (tertiary/aromatic N) is 2. The lowest BCUT2D eigenvalue weighted by Crippen LogP contribution is -2.14. The Kier molecular flexibility index (Phi) is 3.65. The molecule has 0 aliphatic carbocycles. The Morgan fingerprint density at radius 1 is 1.39 bits per heavy atom. The number of aromatic amines is 1. The average molecular weight is 246 g/mol. The molecule has 2 N–H and O–H groups in total. The Morgan fingerprint density at radius 3 is 2.83 bits per heavy atom. The molecule has 2 rings (SSSR count). The van der Waals surface area contributed by atoms with Gasteiger partial charge in [-0.1, -0.05) is 30.3 Å². The van der Waals surface area contributed by atoms with Crippen molar-refractivity contribution in [3.05, 3.63) is 41.7 Å². The van der Waals surface area contributed by atoms with Crippen LogP contribution in [0.5, 0.6) is 0 Å². The molecule has 1 aromatic carbocycles. The van der Waals surface area contributed by atoms with Crippen LogP contribution >= 0.6 is 0 Å². The third kappa shape index (κ3) is 3.14. The van der Waals surface area contributed by atoms with E-state index in [0.29, 0.717) is 6.29 Å². The van der Waals surface area contributed by atoms with E-state index in [-0.39, 0.29) is 18.4 Å². The Morgan fingerprint density at radius 2 is 2.17 bits per heavy atom. The van der Waals surface area contributed by atoms with Crippen LogP contribution in [0.25, 0.3) is 0 Å². The Labute approximate surface area is 102 Å². The number of aromatic nitrogens is 3. The van der Waals surface area contributed by atoms with Gasteiger partial charge in [0.2, 0.25) is 11.8 Å². The van der Waals surface area contributed by atoms with E-state index in [2.05, 4.69) is 20.5 Å². The molecule has 0 radical (unpaired) electrons. The maximum Gasteiger partial charge on any atom is 0.414 e. The minimum atomic E-state index is -0.674. The first kappa shape index (κ1) is 11.8. The average Bonchev–Trinajstić information content (AvgIpc) is 2.85. The third-order valence-electron chi connectivity index (χ3n) is 2.04. The zero-order valence-corrected chi connectivity index (χ0v) is 9.29. The molecule has 92 valence electrons. The lowest BCUT2D eigenvalue weighted by Gasteiger charge is -2.04. The lowest BCUT2D eigenvalue weighted by molar-refractivity contribution is 0.111. The van der Waals surface area contributed by atoms with E-state index >= 15 is 0 Å². The van der Waals surface area contributed by atoms with Crippen molar-refractivity contribution in [3.8, 4) is 0 Å². The summed E-state index contributed by atoms with van der Waals surface area (Å²) in [4.78, 5) is 25.4. The summed E-state index contributed by atoms with van der Waals surface area (Å²) < 4.78 is 4.95. The van der Waals surface area contributed by atoms with Crippen LogP contribution in [0.4, 0.5) is 10.7 Å². The molecule has 18 heavy (non-hydrogen) atoms. The van der Waals surface area contributed by atoms with E-state index < -0.39 is 6.09 Å². The van der Waals surface area contributed by atoms with Crippen LogP contribution in [0.15, 0.2) is 30.3 Å². The predicted octanol–water partition coefficient (Wildman–Crippen LogP) is 1.37. The van der Waals surface area contributed by atoms with Crippen molar-refractivity contribution in [2.45, 2.75) is 6.61 Å². The molecule has 1 amide bonds. The second kappa shape index (κ2) is 5.58. The number of amides is 1. The number of nitrogens with one attached hydrogen (secondary N) is 2. The summed E-state index contributed by atoms with van der Waals surface area (Å²) >= 11 is 0. The number of carbonyl (C=O) groups excluding carboxylic acids is 2. The van der Waals surface area contributed by atoms with E-state index in [1.807, 2.05) is 30.3 Å². The van der Waals surface area contributed by atoms with Gasteiger partial charge >= 0.3 is 6.09 Å². The monoisotopic (exact) mass is 246 g/mol. The van der Waals surface area contributed by atoms with Gasteiger partial charge in [-0.3, -0.25) is 10.1 Å². The quantitative estimate of drug-likeness (QED) is 0.794. The van der Waals surface area contributed by atoms with Gasteiger partial charge in [-0.05, 0) is 5.56 Å². The fraction of sp³-hybridized carbons (Fsp3) is 0.0909. The SMILES string of the molecule is O=Cc1n[nH]c(NC(=O)OCc2ccccc2)n1. The smallest absolute Gasteiger partial charge is 0.414 e. The Bertz CT molecular complexity index is 538. The maximum atomic E-state index is 11.4. The molecule has 1 aromatic heterocycles. The van der Waals surface area contributed by atoms with Crippen molar-refractivity contribution in [1.29, 1.82) is 0 Å². The van der Waals surface area contributed by atoms with Crippen LogP contribution in [-0.2, 0) is 11.3 Å². The summed E-state index contributed by atoms with van der Waals surface area (Å²) in [6.07, 6.45) is -0.204. The van der Waals surface area contributed by atoms with Crippen molar-refractivity contribution >= 4 is 18.3 Å². The second-order valence-electron chi connectivity index (χ2n) is 3.35. The third-order valence-corrected chi connectivity index (χ3v) is 2.04. The van der Waals surface area contributed by atoms with Crippen LogP contribution < -0.4 is 5.32 Å². The number of anilines is 1. The fourth-order valence-electron chi connectivity index (χ4n) is 1.24. The Hall–Kier alpha value is -2.70. The number of H-pyrrole nitrogens is 1. The number of hydrogen-bond donors (Lipinski definition) is 2. The maximum absolute atomic E-state index is 11.4. The van der Waals surface area contributed by atoms with Crippen molar-refractivity contribution in [2.24, 2.45) is 0 Å². The highest BCUT2D eigenvalue weighted by Crippen LogP contribution is 2.02. The molecule has 0 fully saturated rings. The summed E-state index contributed by atoms with van der Waals surface area (Å²) in [7, 11) is 0. The molecule has 1 heterocycles. The second-order valence-corrected chi connectivity index (χ2v) is 3.35. The first-order chi connectivity index (χ1) is 8.78. The van der Waals surface area contributed by atoms with E-state index in [0.717, 1.165) is 5.56 Å². The van der Waals surface area contributed by atoms with Gasteiger partial charge in [-0.25, -0.2) is 9.89 Å². The molecule has 0 saturated carbocycles. The molecule has 0 atom stereocenters. The number of aldehydes is 1. The van der Waals surface area contributed by atoms with E-state index in [9.17, 15) is 9.59 Å². The molecular weight excluding hydrogens is 236 g/mol. The number of hydrogen-bond acceptors (Lipinski definition) is 5. The normalized spacial score (nSPS) is 9.78. The molecule has 7 nitrogen and oxygen atoms in total. The van der Waals surface area contributed by atoms with Crippen molar-refractivity contribution < 1.29 is 14.3 Å². The zero-order valence-electron chi connectivity index (χ0n) is 9.29. The summed E-state index contributed by atoms with van der Waals surface area (Å²) in [6, 6.07) is 9.25. The largest absolute Gasteiger partial charge is 0.444 e. The molecule has 0 spiro atoms. The van der Waals surface area contributed by atoms with Crippen LogP contribution in [0.2, 0.25) is 0 Å². The van der Waals surface area contributed by atoms with Crippen LogP contribution in [-0.4, -0.2) is 27.6 Å². The summed E-state index contributed by atoms with van der Waals surface area (Å²) in [5, 5.41) is 8.23. The molecule has 0 unspecified atom stereocenters. The molecular formula is C11H10N4O3. The number of carbonyl (C=O) groups is 2. The number of benzene rings is 1. The predicted molar refractivity (Wildman–Crippen MR) is 62.0 cm³/mol. The molecule has 0 aliphatic heterocycles. The zero-order chi connectivity index (χ0) is 12.8. The highest BCUT2D eigenvalue weighted by Gasteiger charge is 2.07. The first-order valence-corrected chi connectivity index (χ1v) is 5.13. The van der Waals surface area contributed by atoms with Crippen LogP contribution in [0.3, 0.4) is 0 Å². The Balaban J connectivity index is 1.84. The lowest BCUT2D eigenvalue weighted by atomic mass is 10.2. The van der Waals surface area contributed by atoms with Gasteiger partial charge in [0.1, 0.15) is 6.61 Å². The van der Waals surface area contributed by atoms with Crippen molar-refractivity contribution in [1.82, 2.24) is 15.2 Å². The van der Waals surface area contributed by atoms with Crippen LogP contribution in [0.1, 0.15) is 16.2 Å². The van der Waals surface area contributed by atoms with Gasteiger partial charge in [0, 0.05) is 0 Å².